The predicted octanol–water partition coefficient (Wildman–Crippen LogP) is 4.79. The Labute approximate surface area is 157 Å². The van der Waals surface area contributed by atoms with Crippen molar-refractivity contribution in [2.45, 2.75) is 6.92 Å². The van der Waals surface area contributed by atoms with Crippen LogP contribution in [0.25, 0.3) is 6.08 Å². The van der Waals surface area contributed by atoms with E-state index in [1.165, 1.54) is 17.3 Å². The van der Waals surface area contributed by atoms with Crippen molar-refractivity contribution in [2.75, 3.05) is 13.7 Å². The van der Waals surface area contributed by atoms with Gasteiger partial charge in [-0.25, -0.2) is 4.99 Å². The van der Waals surface area contributed by atoms with Gasteiger partial charge in [0, 0.05) is 6.54 Å². The molecule has 1 aliphatic rings. The Balaban J connectivity index is 1.91. The topological polar surface area (TPSA) is 41.9 Å². The van der Waals surface area contributed by atoms with Gasteiger partial charge in [-0.1, -0.05) is 35.9 Å². The fourth-order valence-electron chi connectivity index (χ4n) is 2.46. The third-order valence-corrected chi connectivity index (χ3v) is 4.88. The summed E-state index contributed by atoms with van der Waals surface area (Å²) in [7, 11) is 1.63. The quantitative estimate of drug-likeness (QED) is 0.566. The van der Waals surface area contributed by atoms with E-state index >= 15 is 0 Å². The maximum Gasteiger partial charge on any atom is 0.267 e. The Morgan fingerprint density at radius 1 is 1.15 bits per heavy atom. The summed E-state index contributed by atoms with van der Waals surface area (Å²) in [5, 5.41) is 0.665. The second-order valence-corrected chi connectivity index (χ2v) is 6.83. The van der Waals surface area contributed by atoms with Crippen molar-refractivity contribution in [1.29, 1.82) is 0 Å². The van der Waals surface area contributed by atoms with Crippen molar-refractivity contribution in [3.8, 4) is 5.75 Å². The van der Waals surface area contributed by atoms with Crippen LogP contribution < -0.4 is 4.74 Å². The lowest BCUT2D eigenvalue weighted by atomic mass is 10.2. The monoisotopic (exact) mass is 364 g/mol. The number of amides is 1. The van der Waals surface area contributed by atoms with Gasteiger partial charge in [-0.15, -0.1) is 6.58 Å². The molecule has 26 heavy (non-hydrogen) atoms. The van der Waals surface area contributed by atoms with Gasteiger partial charge in [-0.2, -0.15) is 0 Å². The van der Waals surface area contributed by atoms with Gasteiger partial charge in [0.2, 0.25) is 0 Å². The zero-order valence-electron chi connectivity index (χ0n) is 14.8. The Kier molecular flexibility index (Phi) is 5.58. The van der Waals surface area contributed by atoms with E-state index in [0.29, 0.717) is 16.6 Å². The van der Waals surface area contributed by atoms with Gasteiger partial charge in [-0.05, 0) is 54.6 Å². The standard InChI is InChI=1S/C21H20N2O2S/c1-4-13-23-20(24)19(14-16-7-11-18(25-3)12-8-16)26-21(23)22-17-9-5-15(2)6-10-17/h4-12,14H,1,13H2,2-3H3/b19-14+,22-21?. The number of nitrogens with zero attached hydrogens (tertiary/aromatic N) is 2. The minimum atomic E-state index is -0.0587. The third kappa shape index (κ3) is 4.06. The molecule has 3 rings (SSSR count). The zero-order valence-corrected chi connectivity index (χ0v) is 15.6. The number of aryl methyl sites for hydroxylation is 1. The first-order chi connectivity index (χ1) is 12.6. The molecule has 1 saturated heterocycles. The Morgan fingerprint density at radius 3 is 2.46 bits per heavy atom. The van der Waals surface area contributed by atoms with Gasteiger partial charge >= 0.3 is 0 Å². The van der Waals surface area contributed by atoms with E-state index < -0.39 is 0 Å². The van der Waals surface area contributed by atoms with Gasteiger partial charge in [0.25, 0.3) is 5.91 Å². The van der Waals surface area contributed by atoms with Crippen LogP contribution in [0.3, 0.4) is 0 Å². The number of hydrogen-bond donors (Lipinski definition) is 0. The number of benzene rings is 2. The van der Waals surface area contributed by atoms with Gasteiger partial charge in [-0.3, -0.25) is 9.69 Å². The molecule has 0 N–H and O–H groups in total. The molecule has 0 saturated carbocycles. The van der Waals surface area contributed by atoms with Crippen LogP contribution >= 0.6 is 11.8 Å². The molecule has 0 bridgehead atoms. The number of hydrogen-bond acceptors (Lipinski definition) is 4. The van der Waals surface area contributed by atoms with Crippen molar-refractivity contribution >= 4 is 34.6 Å². The number of carbonyl (C=O) groups excluding carboxylic acids is 1. The molecule has 0 aliphatic carbocycles. The van der Waals surface area contributed by atoms with Crippen LogP contribution in [0, 0.1) is 6.92 Å². The molecule has 0 unspecified atom stereocenters. The average molecular weight is 364 g/mol. The molecule has 2 aromatic carbocycles. The lowest BCUT2D eigenvalue weighted by molar-refractivity contribution is -0.121. The van der Waals surface area contributed by atoms with Crippen LogP contribution in [0.15, 0.2) is 71.1 Å². The molecule has 0 radical (unpaired) electrons. The second-order valence-electron chi connectivity index (χ2n) is 5.82. The predicted molar refractivity (Wildman–Crippen MR) is 109 cm³/mol. The highest BCUT2D eigenvalue weighted by Gasteiger charge is 2.32. The zero-order chi connectivity index (χ0) is 18.5. The van der Waals surface area contributed by atoms with Crippen molar-refractivity contribution in [1.82, 2.24) is 4.90 Å². The molecule has 1 heterocycles. The van der Waals surface area contributed by atoms with Gasteiger partial charge in [0.1, 0.15) is 5.75 Å². The van der Waals surface area contributed by atoms with Gasteiger partial charge < -0.3 is 4.74 Å². The maximum atomic E-state index is 12.8. The number of rotatable bonds is 5. The highest BCUT2D eigenvalue weighted by molar-refractivity contribution is 8.18. The van der Waals surface area contributed by atoms with Gasteiger partial charge in [0.15, 0.2) is 5.17 Å². The van der Waals surface area contributed by atoms with Crippen LogP contribution in [-0.4, -0.2) is 29.6 Å². The summed E-state index contributed by atoms with van der Waals surface area (Å²) in [5.41, 5.74) is 2.94. The summed E-state index contributed by atoms with van der Waals surface area (Å²) in [6.45, 7) is 6.21. The number of carbonyl (C=O) groups is 1. The summed E-state index contributed by atoms with van der Waals surface area (Å²) in [4.78, 5) is 19.7. The summed E-state index contributed by atoms with van der Waals surface area (Å²) in [6.07, 6.45) is 3.58. The van der Waals surface area contributed by atoms with Crippen LogP contribution in [0.4, 0.5) is 5.69 Å². The van der Waals surface area contributed by atoms with E-state index in [9.17, 15) is 4.79 Å². The number of aliphatic imine (C=N–C) groups is 1. The molecule has 132 valence electrons. The molecule has 0 aromatic heterocycles. The Bertz CT molecular complexity index is 868. The normalized spacial score (nSPS) is 17.2. The van der Waals surface area contributed by atoms with E-state index in [2.05, 4.69) is 11.6 Å². The number of thioether (sulfide) groups is 1. The van der Waals surface area contributed by atoms with Crippen LogP contribution in [0.5, 0.6) is 5.75 Å². The average Bonchev–Trinajstić information content (AvgIpc) is 2.93. The lowest BCUT2D eigenvalue weighted by Crippen LogP contribution is -2.29. The first-order valence-electron chi connectivity index (χ1n) is 8.22. The number of ether oxygens (including phenoxy) is 1. The minimum absolute atomic E-state index is 0.0587. The number of amidine groups is 1. The van der Waals surface area contributed by atoms with E-state index in [1.807, 2.05) is 61.5 Å². The SMILES string of the molecule is C=CCN1C(=O)/C(=C\c2ccc(OC)cc2)SC1=Nc1ccc(C)cc1. The highest BCUT2D eigenvalue weighted by Crippen LogP contribution is 2.34. The minimum Gasteiger partial charge on any atom is -0.497 e. The van der Waals surface area contributed by atoms with E-state index in [4.69, 9.17) is 4.74 Å². The molecule has 5 heteroatoms. The van der Waals surface area contributed by atoms with Crippen LogP contribution in [0.1, 0.15) is 11.1 Å². The van der Waals surface area contributed by atoms with E-state index in [-0.39, 0.29) is 5.91 Å². The molecule has 0 spiro atoms. The maximum absolute atomic E-state index is 12.8. The van der Waals surface area contributed by atoms with Crippen molar-refractivity contribution in [3.63, 3.8) is 0 Å². The fourth-order valence-corrected chi connectivity index (χ4v) is 3.47. The number of methoxy groups -OCH3 is 1. The molecule has 0 atom stereocenters. The Hall–Kier alpha value is -2.79. The smallest absolute Gasteiger partial charge is 0.267 e. The second kappa shape index (κ2) is 8.06. The largest absolute Gasteiger partial charge is 0.497 e. The molecular formula is C21H20N2O2S. The summed E-state index contributed by atoms with van der Waals surface area (Å²) >= 11 is 1.38. The molecule has 2 aromatic rings. The van der Waals surface area contributed by atoms with E-state index in [0.717, 1.165) is 17.0 Å². The third-order valence-electron chi connectivity index (χ3n) is 3.87. The summed E-state index contributed by atoms with van der Waals surface area (Å²) in [5.74, 6) is 0.726. The fraction of sp³-hybridized carbons (Fsp3) is 0.143. The highest BCUT2D eigenvalue weighted by atomic mass is 32.2. The van der Waals surface area contributed by atoms with Crippen LogP contribution in [-0.2, 0) is 4.79 Å². The summed E-state index contributed by atoms with van der Waals surface area (Å²) < 4.78 is 5.17. The Morgan fingerprint density at radius 2 is 1.85 bits per heavy atom. The first kappa shape index (κ1) is 18.0. The van der Waals surface area contributed by atoms with Crippen molar-refractivity contribution in [3.05, 3.63) is 77.2 Å². The van der Waals surface area contributed by atoms with Gasteiger partial charge in [0.05, 0.1) is 17.7 Å². The molecule has 1 amide bonds. The molecule has 1 aliphatic heterocycles. The summed E-state index contributed by atoms with van der Waals surface area (Å²) in [6, 6.07) is 15.5. The molecule has 1 fully saturated rings. The van der Waals surface area contributed by atoms with Crippen molar-refractivity contribution < 1.29 is 9.53 Å². The van der Waals surface area contributed by atoms with E-state index in [1.54, 1.807) is 18.1 Å². The molecule has 4 nitrogen and oxygen atoms in total. The lowest BCUT2D eigenvalue weighted by Gasteiger charge is -2.12. The first-order valence-corrected chi connectivity index (χ1v) is 9.04. The molecular weight excluding hydrogens is 344 g/mol. The van der Waals surface area contributed by atoms with Crippen molar-refractivity contribution in [2.24, 2.45) is 4.99 Å². The van der Waals surface area contributed by atoms with Crippen LogP contribution in [0.2, 0.25) is 0 Å².